The second-order valence-electron chi connectivity index (χ2n) is 12.5. The minimum Gasteiger partial charge on any atom is -0.657 e. The summed E-state index contributed by atoms with van der Waals surface area (Å²) < 4.78 is 0. The molecule has 7 aromatic rings. The second-order valence-corrected chi connectivity index (χ2v) is 12.5. The molecule has 4 aromatic carbocycles. The summed E-state index contributed by atoms with van der Waals surface area (Å²) in [6.45, 7) is 0. The van der Waals surface area contributed by atoms with Gasteiger partial charge in [0.25, 0.3) is 0 Å². The van der Waals surface area contributed by atoms with E-state index < -0.39 is 0 Å². The van der Waals surface area contributed by atoms with Gasteiger partial charge in [-0.05, 0) is 62.7 Å². The van der Waals surface area contributed by atoms with Crippen molar-refractivity contribution < 1.29 is 21.9 Å². The van der Waals surface area contributed by atoms with Gasteiger partial charge < -0.3 is 9.97 Å². The van der Waals surface area contributed by atoms with Crippen LogP contribution >= 0.6 is 0 Å². The van der Waals surface area contributed by atoms with E-state index >= 15 is 0 Å². The molecule has 0 saturated carbocycles. The molecular weight excluding hydrogens is 676 g/mol. The first kappa shape index (κ1) is 30.7. The van der Waals surface area contributed by atoms with Crippen LogP contribution in [0.1, 0.15) is 33.1 Å². The van der Waals surface area contributed by atoms with Gasteiger partial charge in [-0.2, -0.15) is 0 Å². The molecule has 3 aliphatic rings. The molecule has 3 aromatic heterocycles. The molecule has 0 atom stereocenters. The van der Waals surface area contributed by atoms with E-state index in [2.05, 4.69) is 54.6 Å². The van der Waals surface area contributed by atoms with Crippen molar-refractivity contribution in [3.63, 3.8) is 0 Å². The van der Waals surface area contributed by atoms with Gasteiger partial charge in [0.15, 0.2) is 5.78 Å². The van der Waals surface area contributed by atoms with Gasteiger partial charge in [-0.15, -0.1) is 22.1 Å². The molecule has 5 heterocycles. The monoisotopic (exact) mass is 701 g/mol. The van der Waals surface area contributed by atoms with Crippen LogP contribution in [0.5, 0.6) is 0 Å². The number of nitrogens with zero attached hydrogens (tertiary/aromatic N) is 4. The van der Waals surface area contributed by atoms with E-state index in [1.807, 2.05) is 103 Å². The fourth-order valence-corrected chi connectivity index (χ4v) is 7.36. The molecule has 10 rings (SSSR count). The number of benzene rings is 4. The van der Waals surface area contributed by atoms with E-state index in [1.165, 1.54) is 0 Å². The van der Waals surface area contributed by atoms with Crippen LogP contribution in [0.3, 0.4) is 0 Å². The van der Waals surface area contributed by atoms with Crippen molar-refractivity contribution in [1.82, 2.24) is 19.9 Å². The molecule has 1 aliphatic carbocycles. The standard InChI is InChI=1S/C45H27N4O.Cu/c50-45-31-19-11-10-18-30(31)43-38-25-24-36(48-38)41(28-14-6-2-7-15-28)34-21-20-33(46-34)40(27-12-4-1-5-13-27)35-22-23-37(47-35)42(29-16-8-3-9-17-29)39-26-32(45)44(43)49-39;/h1-26H,(H-,46,47,48,49,50);/q-1;+2/p-1. The Kier molecular flexibility index (Phi) is 7.36. The molecule has 5 nitrogen and oxygen atoms in total. The van der Waals surface area contributed by atoms with E-state index in [4.69, 9.17) is 19.9 Å². The van der Waals surface area contributed by atoms with Crippen LogP contribution < -0.4 is 9.97 Å². The Bertz CT molecular complexity index is 2760. The van der Waals surface area contributed by atoms with Crippen molar-refractivity contribution in [2.45, 2.75) is 0 Å². The normalized spacial score (nSPS) is 12.6. The fourth-order valence-electron chi connectivity index (χ4n) is 7.36. The topological polar surface area (TPSA) is 71.1 Å². The van der Waals surface area contributed by atoms with Gasteiger partial charge >= 0.3 is 17.1 Å². The van der Waals surface area contributed by atoms with E-state index in [0.717, 1.165) is 78.0 Å². The molecule has 0 N–H and O–H groups in total. The summed E-state index contributed by atoms with van der Waals surface area (Å²) in [5.74, 6) is -0.0456. The van der Waals surface area contributed by atoms with Crippen molar-refractivity contribution >= 4 is 51.7 Å². The summed E-state index contributed by atoms with van der Waals surface area (Å²) in [6.07, 6.45) is 6.08. The van der Waals surface area contributed by atoms with Crippen molar-refractivity contribution in [2.75, 3.05) is 0 Å². The third kappa shape index (κ3) is 4.96. The van der Waals surface area contributed by atoms with Crippen LogP contribution in [-0.4, -0.2) is 15.8 Å². The zero-order valence-corrected chi connectivity index (χ0v) is 28.0. The molecule has 0 amide bonds. The fraction of sp³-hybridized carbons (Fsp3) is 0. The third-order valence-corrected chi connectivity index (χ3v) is 9.59. The quantitative estimate of drug-likeness (QED) is 0.172. The van der Waals surface area contributed by atoms with Crippen LogP contribution in [0, 0.1) is 0 Å². The number of rotatable bonds is 3. The third-order valence-electron chi connectivity index (χ3n) is 9.59. The van der Waals surface area contributed by atoms with Crippen molar-refractivity contribution in [1.29, 1.82) is 0 Å². The molecule has 0 unspecified atom stereocenters. The van der Waals surface area contributed by atoms with Crippen molar-refractivity contribution in [3.05, 3.63) is 168 Å². The number of carbonyl (C=O) groups excluding carboxylic acids is 1. The molecule has 0 spiro atoms. The van der Waals surface area contributed by atoms with Crippen LogP contribution in [0.25, 0.3) is 90.4 Å². The van der Waals surface area contributed by atoms with Gasteiger partial charge in [-0.1, -0.05) is 140 Å². The molecule has 243 valence electrons. The van der Waals surface area contributed by atoms with Crippen LogP contribution in [0.2, 0.25) is 0 Å². The summed E-state index contributed by atoms with van der Waals surface area (Å²) in [5.41, 5.74) is 14.7. The van der Waals surface area contributed by atoms with Gasteiger partial charge in [0.1, 0.15) is 0 Å². The summed E-state index contributed by atoms with van der Waals surface area (Å²) in [5, 5.41) is 0. The predicted octanol–water partition coefficient (Wildman–Crippen LogP) is 10.1. The Morgan fingerprint density at radius 3 is 1.31 bits per heavy atom. The molecule has 0 saturated heterocycles. The van der Waals surface area contributed by atoms with Gasteiger partial charge in [0.05, 0.1) is 28.3 Å². The number of aromatic nitrogens is 4. The molecule has 8 bridgehead atoms. The number of hydrogen-bond acceptors (Lipinski definition) is 3. The Labute approximate surface area is 304 Å². The first-order valence-corrected chi connectivity index (χ1v) is 16.6. The van der Waals surface area contributed by atoms with E-state index in [0.29, 0.717) is 22.5 Å². The Balaban J connectivity index is 0.00000348. The van der Waals surface area contributed by atoms with E-state index in [-0.39, 0.29) is 22.9 Å². The average molecular weight is 702 g/mol. The van der Waals surface area contributed by atoms with Crippen LogP contribution in [-0.2, 0) is 17.1 Å². The maximum atomic E-state index is 14.2. The van der Waals surface area contributed by atoms with Crippen molar-refractivity contribution in [2.24, 2.45) is 0 Å². The molecular formula is C45H26CuN4O. The number of Topliss-reactive ketones (excluding diaryl/α,β-unsaturated/α-hetero) is 1. The minimum atomic E-state index is -0.0456. The average Bonchev–Trinajstić information content (AvgIpc) is 4.00. The first-order chi connectivity index (χ1) is 24.7. The summed E-state index contributed by atoms with van der Waals surface area (Å²) in [4.78, 5) is 35.3. The number of fused-ring (bicyclic) bond motifs is 10. The molecule has 1 radical (unpaired) electrons. The number of ketones is 1. The first-order valence-electron chi connectivity index (χ1n) is 16.6. The molecule has 6 heteroatoms. The Hall–Kier alpha value is -6.33. The zero-order valence-electron chi connectivity index (χ0n) is 27.0. The minimum absolute atomic E-state index is 0. The Morgan fingerprint density at radius 1 is 0.412 bits per heavy atom. The molecule has 2 aliphatic heterocycles. The van der Waals surface area contributed by atoms with Gasteiger partial charge in [0, 0.05) is 5.56 Å². The smallest absolute Gasteiger partial charge is 0.657 e. The van der Waals surface area contributed by atoms with Crippen molar-refractivity contribution in [3.8, 4) is 44.5 Å². The summed E-state index contributed by atoms with van der Waals surface area (Å²) in [7, 11) is 0. The SMILES string of the molecule is O=C1C2=Cc3nc2c(c2ccc([n-]2)c(-c2ccccc2)c2nc(c(-c4ccccc4)c4ccc([n-]4)c3-c3ccccc3)C=C2)-c2ccccc21.[Cu+2]. The maximum absolute atomic E-state index is 14.2. The van der Waals surface area contributed by atoms with E-state index in [9.17, 15) is 4.79 Å². The summed E-state index contributed by atoms with van der Waals surface area (Å²) in [6, 6.07) is 46.7. The molecule has 51 heavy (non-hydrogen) atoms. The number of allylic oxidation sites excluding steroid dienone is 1. The summed E-state index contributed by atoms with van der Waals surface area (Å²) >= 11 is 0. The van der Waals surface area contributed by atoms with Gasteiger partial charge in [-0.25, -0.2) is 9.97 Å². The van der Waals surface area contributed by atoms with Gasteiger partial charge in [-0.3, -0.25) is 4.79 Å². The Morgan fingerprint density at radius 2 is 0.824 bits per heavy atom. The van der Waals surface area contributed by atoms with E-state index in [1.54, 1.807) is 0 Å². The van der Waals surface area contributed by atoms with Crippen LogP contribution in [0.4, 0.5) is 0 Å². The number of carbonyl (C=O) groups is 1. The number of hydrogen-bond donors (Lipinski definition) is 0. The van der Waals surface area contributed by atoms with Crippen LogP contribution in [0.15, 0.2) is 140 Å². The zero-order chi connectivity index (χ0) is 33.2. The predicted molar refractivity (Wildman–Crippen MR) is 202 cm³/mol. The maximum Gasteiger partial charge on any atom is 2.00 e. The molecule has 0 fully saturated rings. The van der Waals surface area contributed by atoms with Gasteiger partial charge in [0.2, 0.25) is 0 Å². The largest absolute Gasteiger partial charge is 2.00 e. The second kappa shape index (κ2) is 12.2.